The van der Waals surface area contributed by atoms with Crippen LogP contribution in [0.25, 0.3) is 0 Å². The van der Waals surface area contributed by atoms with Gasteiger partial charge in [0.15, 0.2) is 0 Å². The van der Waals surface area contributed by atoms with Gasteiger partial charge >= 0.3 is 0 Å². The van der Waals surface area contributed by atoms with Crippen molar-refractivity contribution < 1.29 is 4.79 Å². The number of aryl methyl sites for hydroxylation is 3. The van der Waals surface area contributed by atoms with Crippen molar-refractivity contribution in [1.82, 2.24) is 0 Å². The SMILES string of the molecule is Cc1cc(C)c(NC(=O)CCc2ccc(N)cc2)c(Cl)c1. The van der Waals surface area contributed by atoms with Gasteiger partial charge in [-0.3, -0.25) is 4.79 Å². The maximum Gasteiger partial charge on any atom is 0.224 e. The third-order valence-electron chi connectivity index (χ3n) is 3.32. The molecule has 0 aliphatic rings. The van der Waals surface area contributed by atoms with Gasteiger partial charge in [0.05, 0.1) is 10.7 Å². The Balaban J connectivity index is 1.97. The van der Waals surface area contributed by atoms with E-state index in [2.05, 4.69) is 5.32 Å². The number of nitrogen functional groups attached to an aromatic ring is 1. The van der Waals surface area contributed by atoms with Crippen LogP contribution in [0.1, 0.15) is 23.1 Å². The average Bonchev–Trinajstić information content (AvgIpc) is 2.42. The van der Waals surface area contributed by atoms with Gasteiger partial charge in [0.1, 0.15) is 0 Å². The van der Waals surface area contributed by atoms with Crippen LogP contribution in [0.15, 0.2) is 36.4 Å². The van der Waals surface area contributed by atoms with Crippen LogP contribution in [0.3, 0.4) is 0 Å². The van der Waals surface area contributed by atoms with E-state index in [1.807, 2.05) is 50.2 Å². The monoisotopic (exact) mass is 302 g/mol. The smallest absolute Gasteiger partial charge is 0.224 e. The summed E-state index contributed by atoms with van der Waals surface area (Å²) in [6.07, 6.45) is 1.09. The highest BCUT2D eigenvalue weighted by Crippen LogP contribution is 2.27. The summed E-state index contributed by atoms with van der Waals surface area (Å²) in [6, 6.07) is 11.4. The van der Waals surface area contributed by atoms with Gasteiger partial charge in [-0.2, -0.15) is 0 Å². The molecule has 3 N–H and O–H groups in total. The largest absolute Gasteiger partial charge is 0.399 e. The Labute approximate surface area is 130 Å². The lowest BCUT2D eigenvalue weighted by molar-refractivity contribution is -0.116. The first-order valence-corrected chi connectivity index (χ1v) is 7.24. The van der Waals surface area contributed by atoms with Crippen molar-refractivity contribution in [3.8, 4) is 0 Å². The van der Waals surface area contributed by atoms with Crippen molar-refractivity contribution in [2.75, 3.05) is 11.1 Å². The number of hydrogen-bond donors (Lipinski definition) is 2. The minimum Gasteiger partial charge on any atom is -0.399 e. The molecule has 2 aromatic rings. The van der Waals surface area contributed by atoms with Crippen LogP contribution < -0.4 is 11.1 Å². The second-order valence-corrected chi connectivity index (χ2v) is 5.64. The molecule has 0 aliphatic heterocycles. The van der Waals surface area contributed by atoms with E-state index in [0.29, 0.717) is 23.6 Å². The Bertz CT molecular complexity index is 627. The Kier molecular flexibility index (Phi) is 4.86. The van der Waals surface area contributed by atoms with Crippen LogP contribution in [-0.2, 0) is 11.2 Å². The fourth-order valence-corrected chi connectivity index (χ4v) is 2.59. The first-order chi connectivity index (χ1) is 9.95. The predicted molar refractivity (Wildman–Crippen MR) is 88.7 cm³/mol. The molecule has 0 atom stereocenters. The highest BCUT2D eigenvalue weighted by atomic mass is 35.5. The molecule has 0 bridgehead atoms. The molecule has 3 nitrogen and oxygen atoms in total. The first-order valence-electron chi connectivity index (χ1n) is 6.86. The standard InChI is InChI=1S/C17H19ClN2O/c1-11-9-12(2)17(15(18)10-11)20-16(21)8-5-13-3-6-14(19)7-4-13/h3-4,6-7,9-10H,5,8,19H2,1-2H3,(H,20,21). The average molecular weight is 303 g/mol. The molecule has 0 aliphatic carbocycles. The first kappa shape index (κ1) is 15.4. The van der Waals surface area contributed by atoms with Crippen molar-refractivity contribution in [3.05, 3.63) is 58.1 Å². The number of benzene rings is 2. The van der Waals surface area contributed by atoms with Crippen LogP contribution in [0.2, 0.25) is 5.02 Å². The molecule has 0 fully saturated rings. The molecule has 0 radical (unpaired) electrons. The number of carbonyl (C=O) groups excluding carboxylic acids is 1. The molecule has 0 heterocycles. The van der Waals surface area contributed by atoms with Crippen LogP contribution in [0.4, 0.5) is 11.4 Å². The van der Waals surface area contributed by atoms with Crippen LogP contribution >= 0.6 is 11.6 Å². The van der Waals surface area contributed by atoms with E-state index in [0.717, 1.165) is 22.4 Å². The molecule has 1 amide bonds. The lowest BCUT2D eigenvalue weighted by atomic mass is 10.1. The van der Waals surface area contributed by atoms with Crippen molar-refractivity contribution in [2.45, 2.75) is 26.7 Å². The fourth-order valence-electron chi connectivity index (χ4n) is 2.22. The van der Waals surface area contributed by atoms with Crippen molar-refractivity contribution >= 4 is 28.9 Å². The lowest BCUT2D eigenvalue weighted by Crippen LogP contribution is -2.13. The van der Waals surface area contributed by atoms with Crippen molar-refractivity contribution in [1.29, 1.82) is 0 Å². The molecular weight excluding hydrogens is 284 g/mol. The molecule has 110 valence electrons. The zero-order valence-corrected chi connectivity index (χ0v) is 13.0. The van der Waals surface area contributed by atoms with Gasteiger partial charge < -0.3 is 11.1 Å². The van der Waals surface area contributed by atoms with Crippen molar-refractivity contribution in [2.24, 2.45) is 0 Å². The van der Waals surface area contributed by atoms with Gasteiger partial charge in [-0.1, -0.05) is 29.8 Å². The molecule has 0 saturated heterocycles. The Morgan fingerprint density at radius 1 is 1.19 bits per heavy atom. The summed E-state index contributed by atoms with van der Waals surface area (Å²) in [5.41, 5.74) is 10.2. The second-order valence-electron chi connectivity index (χ2n) is 5.23. The van der Waals surface area contributed by atoms with Crippen LogP contribution in [0, 0.1) is 13.8 Å². The molecule has 0 spiro atoms. The summed E-state index contributed by atoms with van der Waals surface area (Å²) in [7, 11) is 0. The minimum absolute atomic E-state index is 0.0410. The summed E-state index contributed by atoms with van der Waals surface area (Å²) in [6.45, 7) is 3.92. The third-order valence-corrected chi connectivity index (χ3v) is 3.61. The third kappa shape index (κ3) is 4.23. The Morgan fingerprint density at radius 2 is 1.86 bits per heavy atom. The molecule has 0 saturated carbocycles. The summed E-state index contributed by atoms with van der Waals surface area (Å²) in [4.78, 5) is 12.0. The number of rotatable bonds is 4. The summed E-state index contributed by atoms with van der Waals surface area (Å²) >= 11 is 6.18. The normalized spacial score (nSPS) is 10.4. The van der Waals surface area contributed by atoms with E-state index in [1.165, 1.54) is 0 Å². The topological polar surface area (TPSA) is 55.1 Å². The van der Waals surface area contributed by atoms with E-state index < -0.39 is 0 Å². The highest BCUT2D eigenvalue weighted by Gasteiger charge is 2.09. The van der Waals surface area contributed by atoms with E-state index >= 15 is 0 Å². The molecule has 0 aromatic heterocycles. The summed E-state index contributed by atoms with van der Waals surface area (Å²) in [5.74, 6) is -0.0410. The van der Waals surface area contributed by atoms with Crippen LogP contribution in [-0.4, -0.2) is 5.91 Å². The molecule has 2 aromatic carbocycles. The summed E-state index contributed by atoms with van der Waals surface area (Å²) in [5, 5.41) is 3.47. The summed E-state index contributed by atoms with van der Waals surface area (Å²) < 4.78 is 0. The van der Waals surface area contributed by atoms with Gasteiger partial charge in [0.2, 0.25) is 5.91 Å². The zero-order chi connectivity index (χ0) is 15.4. The van der Waals surface area contributed by atoms with E-state index in [4.69, 9.17) is 17.3 Å². The lowest BCUT2D eigenvalue weighted by Gasteiger charge is -2.11. The Morgan fingerprint density at radius 3 is 2.48 bits per heavy atom. The van der Waals surface area contributed by atoms with Gasteiger partial charge in [-0.15, -0.1) is 0 Å². The number of nitrogens with one attached hydrogen (secondary N) is 1. The Hall–Kier alpha value is -2.00. The van der Waals surface area contributed by atoms with Gasteiger partial charge in [0, 0.05) is 12.1 Å². The van der Waals surface area contributed by atoms with E-state index in [1.54, 1.807) is 0 Å². The number of hydrogen-bond acceptors (Lipinski definition) is 2. The van der Waals surface area contributed by atoms with Crippen molar-refractivity contribution in [3.63, 3.8) is 0 Å². The number of anilines is 2. The quantitative estimate of drug-likeness (QED) is 0.835. The fraction of sp³-hybridized carbons (Fsp3) is 0.235. The van der Waals surface area contributed by atoms with Gasteiger partial charge in [-0.05, 0) is 55.2 Å². The predicted octanol–water partition coefficient (Wildman–Crippen LogP) is 4.11. The second kappa shape index (κ2) is 6.64. The maximum absolute atomic E-state index is 12.0. The number of halogens is 1. The van der Waals surface area contributed by atoms with E-state index in [-0.39, 0.29) is 5.91 Å². The molecule has 0 unspecified atom stereocenters. The molecule has 4 heteroatoms. The van der Waals surface area contributed by atoms with E-state index in [9.17, 15) is 4.79 Å². The molecule has 21 heavy (non-hydrogen) atoms. The zero-order valence-electron chi connectivity index (χ0n) is 12.2. The number of carbonyl (C=O) groups is 1. The number of nitrogens with two attached hydrogens (primary N) is 1. The molecule has 2 rings (SSSR count). The van der Waals surface area contributed by atoms with Gasteiger partial charge in [0.25, 0.3) is 0 Å². The minimum atomic E-state index is -0.0410. The van der Waals surface area contributed by atoms with Gasteiger partial charge in [-0.25, -0.2) is 0 Å². The highest BCUT2D eigenvalue weighted by molar-refractivity contribution is 6.34. The molecular formula is C17H19ClN2O. The maximum atomic E-state index is 12.0. The van der Waals surface area contributed by atoms with Crippen LogP contribution in [0.5, 0.6) is 0 Å². The number of amides is 1.